The van der Waals surface area contributed by atoms with Gasteiger partial charge in [0.25, 0.3) is 0 Å². The number of hydrogen-bond acceptors (Lipinski definition) is 6. The number of carbonyl (C=O) groups is 1. The molecule has 3 unspecified atom stereocenters. The molecule has 0 aromatic heterocycles. The average molecular weight is 399 g/mol. The van der Waals surface area contributed by atoms with E-state index in [-0.39, 0.29) is 25.4 Å². The third kappa shape index (κ3) is 7.47. The number of amides is 1. The van der Waals surface area contributed by atoms with Crippen molar-refractivity contribution in [3.63, 3.8) is 0 Å². The van der Waals surface area contributed by atoms with Crippen LogP contribution in [-0.4, -0.2) is 37.6 Å². The molecule has 1 amide bonds. The molecule has 0 spiro atoms. The van der Waals surface area contributed by atoms with E-state index < -0.39 is 12.2 Å². The predicted octanol–water partition coefficient (Wildman–Crippen LogP) is 3.60. The third-order valence-electron chi connectivity index (χ3n) is 4.56. The minimum atomic E-state index is -0.838. The van der Waals surface area contributed by atoms with Crippen LogP contribution in [0, 0.1) is 4.91 Å². The lowest BCUT2D eigenvalue weighted by molar-refractivity contribution is -0.236. The van der Waals surface area contributed by atoms with Crippen LogP contribution < -0.4 is 0 Å². The van der Waals surface area contributed by atoms with Crippen LogP contribution in [0.1, 0.15) is 24.0 Å². The first-order chi connectivity index (χ1) is 14.2. The number of nitrogens with zero attached hydrogens (tertiary/aromatic N) is 1. The number of hydrogen-bond donors (Lipinski definition) is 0. The van der Waals surface area contributed by atoms with Gasteiger partial charge in [-0.3, -0.25) is 4.79 Å². The Morgan fingerprint density at radius 1 is 0.931 bits per heavy atom. The Labute approximate surface area is 169 Å². The number of benzene rings is 2. The van der Waals surface area contributed by atoms with Crippen molar-refractivity contribution in [2.45, 2.75) is 44.6 Å². The summed E-state index contributed by atoms with van der Waals surface area (Å²) in [5, 5.41) is 2.32. The quantitative estimate of drug-likeness (QED) is 0.568. The van der Waals surface area contributed by atoms with Gasteiger partial charge >= 0.3 is 5.91 Å². The van der Waals surface area contributed by atoms with Gasteiger partial charge in [0.05, 0.1) is 32.0 Å². The minimum absolute atomic E-state index is 0.0711. The first-order valence-electron chi connectivity index (χ1n) is 9.63. The molecule has 7 nitrogen and oxygen atoms in total. The molecule has 1 aliphatic heterocycles. The van der Waals surface area contributed by atoms with Gasteiger partial charge in [0.2, 0.25) is 0 Å². The minimum Gasteiger partial charge on any atom is -0.373 e. The Kier molecular flexibility index (Phi) is 8.45. The lowest BCUT2D eigenvalue weighted by Gasteiger charge is -2.35. The monoisotopic (exact) mass is 399 g/mol. The van der Waals surface area contributed by atoms with E-state index in [0.717, 1.165) is 11.1 Å². The summed E-state index contributed by atoms with van der Waals surface area (Å²) in [6.07, 6.45) is 0.396. The van der Waals surface area contributed by atoms with Gasteiger partial charge < -0.3 is 18.9 Å². The highest BCUT2D eigenvalue weighted by Gasteiger charge is 2.31. The largest absolute Gasteiger partial charge is 0.373 e. The number of carbonyl (C=O) groups excluding carboxylic acids is 1. The summed E-state index contributed by atoms with van der Waals surface area (Å²) in [7, 11) is 0. The number of rotatable bonds is 10. The van der Waals surface area contributed by atoms with E-state index in [1.54, 1.807) is 0 Å². The van der Waals surface area contributed by atoms with Gasteiger partial charge in [0, 0.05) is 18.0 Å². The van der Waals surface area contributed by atoms with Crippen LogP contribution in [-0.2, 0) is 37.0 Å². The van der Waals surface area contributed by atoms with Crippen LogP contribution in [0.5, 0.6) is 0 Å². The topological polar surface area (TPSA) is 83.4 Å². The van der Waals surface area contributed by atoms with Crippen molar-refractivity contribution in [2.75, 3.05) is 13.2 Å². The molecule has 0 aliphatic carbocycles. The van der Waals surface area contributed by atoms with Crippen molar-refractivity contribution in [3.05, 3.63) is 76.7 Å². The first-order valence-corrected chi connectivity index (χ1v) is 9.63. The van der Waals surface area contributed by atoms with Crippen LogP contribution in [0.25, 0.3) is 0 Å². The summed E-state index contributed by atoms with van der Waals surface area (Å²) < 4.78 is 23.2. The Morgan fingerprint density at radius 2 is 1.55 bits per heavy atom. The second-order valence-electron chi connectivity index (χ2n) is 6.87. The molecular formula is C22H25NO6. The molecule has 1 fully saturated rings. The average Bonchev–Trinajstić information content (AvgIpc) is 2.77. The highest BCUT2D eigenvalue weighted by Crippen LogP contribution is 2.25. The summed E-state index contributed by atoms with van der Waals surface area (Å²) in [4.78, 5) is 21.2. The van der Waals surface area contributed by atoms with Crippen molar-refractivity contribution in [2.24, 2.45) is 5.18 Å². The van der Waals surface area contributed by atoms with Crippen molar-refractivity contribution in [1.82, 2.24) is 0 Å². The van der Waals surface area contributed by atoms with Gasteiger partial charge in [-0.25, -0.2) is 0 Å². The molecule has 2 aromatic rings. The Balaban J connectivity index is 1.54. The van der Waals surface area contributed by atoms with E-state index in [1.807, 2.05) is 60.7 Å². The maximum absolute atomic E-state index is 11.0. The van der Waals surface area contributed by atoms with Crippen LogP contribution in [0.3, 0.4) is 0 Å². The van der Waals surface area contributed by atoms with Crippen molar-refractivity contribution in [3.8, 4) is 0 Å². The maximum Gasteiger partial charge on any atom is 0.311 e. The molecule has 0 N–H and O–H groups in total. The van der Waals surface area contributed by atoms with E-state index in [4.69, 9.17) is 18.9 Å². The first kappa shape index (κ1) is 21.3. The van der Waals surface area contributed by atoms with E-state index in [0.29, 0.717) is 26.1 Å². The molecule has 3 rings (SSSR count). The van der Waals surface area contributed by atoms with E-state index in [1.165, 1.54) is 0 Å². The summed E-state index contributed by atoms with van der Waals surface area (Å²) in [6.45, 7) is 0.738. The second kappa shape index (κ2) is 11.5. The molecule has 0 saturated carbocycles. The van der Waals surface area contributed by atoms with Gasteiger partial charge in [-0.15, -0.1) is 4.91 Å². The van der Waals surface area contributed by atoms with Gasteiger partial charge in [-0.05, 0) is 11.1 Å². The smallest absolute Gasteiger partial charge is 0.311 e. The molecule has 0 radical (unpaired) electrons. The summed E-state index contributed by atoms with van der Waals surface area (Å²) in [5.41, 5.74) is 2.15. The zero-order chi connectivity index (χ0) is 20.3. The molecule has 1 saturated heterocycles. The normalized spacial score (nSPS) is 21.6. The fraction of sp³-hybridized carbons (Fsp3) is 0.409. The summed E-state index contributed by atoms with van der Waals surface area (Å²) in [6, 6.07) is 19.8. The van der Waals surface area contributed by atoms with E-state index in [9.17, 15) is 9.70 Å². The third-order valence-corrected chi connectivity index (χ3v) is 4.56. The Bertz CT molecular complexity index is 703. The molecular weight excluding hydrogens is 374 g/mol. The maximum atomic E-state index is 11.0. The second-order valence-corrected chi connectivity index (χ2v) is 6.87. The molecule has 2 aromatic carbocycles. The summed E-state index contributed by atoms with van der Waals surface area (Å²) >= 11 is 0. The van der Waals surface area contributed by atoms with Crippen LogP contribution in [0.2, 0.25) is 0 Å². The van der Waals surface area contributed by atoms with E-state index in [2.05, 4.69) is 5.18 Å². The molecule has 3 atom stereocenters. The highest BCUT2D eigenvalue weighted by molar-refractivity contribution is 5.77. The molecule has 7 heteroatoms. The fourth-order valence-corrected chi connectivity index (χ4v) is 3.14. The molecule has 29 heavy (non-hydrogen) atoms. The number of nitroso groups, excluding NO2 is 1. The van der Waals surface area contributed by atoms with E-state index >= 15 is 0 Å². The lowest BCUT2D eigenvalue weighted by Crippen LogP contribution is -2.40. The van der Waals surface area contributed by atoms with Crippen LogP contribution in [0.4, 0.5) is 0 Å². The lowest BCUT2D eigenvalue weighted by atomic mass is 10.1. The predicted molar refractivity (Wildman–Crippen MR) is 106 cm³/mol. The molecule has 154 valence electrons. The zero-order valence-electron chi connectivity index (χ0n) is 16.1. The van der Waals surface area contributed by atoms with Gasteiger partial charge in [-0.1, -0.05) is 60.7 Å². The van der Waals surface area contributed by atoms with Crippen LogP contribution in [0.15, 0.2) is 65.8 Å². The SMILES string of the molecule is O=NC(=O)COCC1CC(OCc2ccccc2)CC(OCc2ccccc2)O1. The molecule has 0 bridgehead atoms. The standard InChI is InChI=1S/C22H25NO6/c24-21(23-25)16-26-15-20-11-19(27-13-17-7-3-1-4-8-17)12-22(29-20)28-14-18-9-5-2-6-10-18/h1-10,19-20,22H,11-16H2. The molecule has 1 aliphatic rings. The van der Waals surface area contributed by atoms with Crippen molar-refractivity contribution >= 4 is 5.91 Å². The Morgan fingerprint density at radius 3 is 2.17 bits per heavy atom. The summed E-state index contributed by atoms with van der Waals surface area (Å²) in [5.74, 6) is -0.838. The number of ether oxygens (including phenoxy) is 4. The van der Waals surface area contributed by atoms with Gasteiger partial charge in [0.15, 0.2) is 6.29 Å². The highest BCUT2D eigenvalue weighted by atomic mass is 16.7. The molecule has 1 heterocycles. The van der Waals surface area contributed by atoms with Crippen LogP contribution >= 0.6 is 0 Å². The van der Waals surface area contributed by atoms with Gasteiger partial charge in [0.1, 0.15) is 6.61 Å². The zero-order valence-corrected chi connectivity index (χ0v) is 16.1. The Hall–Kier alpha value is -2.45. The fourth-order valence-electron chi connectivity index (χ4n) is 3.14. The van der Waals surface area contributed by atoms with Gasteiger partial charge in [-0.2, -0.15) is 0 Å². The van der Waals surface area contributed by atoms with Crippen molar-refractivity contribution in [1.29, 1.82) is 0 Å². The van der Waals surface area contributed by atoms with Crippen molar-refractivity contribution < 1.29 is 23.7 Å².